The van der Waals surface area contributed by atoms with E-state index >= 15 is 0 Å². The van der Waals surface area contributed by atoms with E-state index in [9.17, 15) is 14.9 Å². The molecule has 0 aliphatic carbocycles. The van der Waals surface area contributed by atoms with E-state index in [1.54, 1.807) is 11.4 Å². The fourth-order valence-electron chi connectivity index (χ4n) is 2.61. The zero-order valence-electron chi connectivity index (χ0n) is 14.4. The summed E-state index contributed by atoms with van der Waals surface area (Å²) in [4.78, 5) is 22.7. The first-order valence-corrected chi connectivity index (χ1v) is 9.19. The summed E-state index contributed by atoms with van der Waals surface area (Å²) in [5.74, 6) is -0.306. The maximum atomic E-state index is 12.4. The van der Waals surface area contributed by atoms with Crippen LogP contribution in [0.5, 0.6) is 0 Å². The second-order valence-electron chi connectivity index (χ2n) is 5.82. The Balaban J connectivity index is 1.64. The second kappa shape index (κ2) is 8.86. The molecule has 0 radical (unpaired) electrons. The van der Waals surface area contributed by atoms with Gasteiger partial charge in [-0.25, -0.2) is 5.43 Å². The van der Waals surface area contributed by atoms with Crippen molar-refractivity contribution in [1.82, 2.24) is 5.43 Å². The highest BCUT2D eigenvalue weighted by Gasteiger charge is 2.11. The number of nitrogens with zero attached hydrogens (tertiary/aromatic N) is 2. The van der Waals surface area contributed by atoms with Gasteiger partial charge in [-0.1, -0.05) is 59.9 Å². The van der Waals surface area contributed by atoms with Crippen LogP contribution >= 0.6 is 11.3 Å². The number of carbonyl (C=O) groups is 1. The van der Waals surface area contributed by atoms with Crippen LogP contribution in [0.4, 0.5) is 5.00 Å². The average molecular weight is 379 g/mol. The quantitative estimate of drug-likeness (QED) is 0.379. The van der Waals surface area contributed by atoms with Crippen molar-refractivity contribution in [3.8, 4) is 0 Å². The van der Waals surface area contributed by atoms with E-state index < -0.39 is 4.92 Å². The van der Waals surface area contributed by atoms with Crippen molar-refractivity contribution in [2.45, 2.75) is 12.8 Å². The molecule has 6 nitrogen and oxygen atoms in total. The molecule has 0 fully saturated rings. The number of carbonyl (C=O) groups excluding carboxylic acids is 1. The fourth-order valence-corrected chi connectivity index (χ4v) is 3.29. The molecule has 0 saturated carbocycles. The number of benzene rings is 2. The third kappa shape index (κ3) is 5.08. The van der Waals surface area contributed by atoms with E-state index in [-0.39, 0.29) is 10.9 Å². The number of aryl methyl sites for hydroxylation is 2. The molecule has 0 atom stereocenters. The Hall–Kier alpha value is -3.32. The minimum absolute atomic E-state index is 0.0361. The van der Waals surface area contributed by atoms with Crippen molar-refractivity contribution in [2.75, 3.05) is 0 Å². The summed E-state index contributed by atoms with van der Waals surface area (Å²) in [5, 5.41) is 16.2. The van der Waals surface area contributed by atoms with Crippen LogP contribution in [-0.4, -0.2) is 17.0 Å². The van der Waals surface area contributed by atoms with Gasteiger partial charge in [-0.05, 0) is 30.0 Å². The molecular weight excluding hydrogens is 362 g/mol. The molecular formula is C20H17N3O3S. The van der Waals surface area contributed by atoms with Crippen LogP contribution in [0.2, 0.25) is 0 Å². The summed E-state index contributed by atoms with van der Waals surface area (Å²) in [5.41, 5.74) is 5.79. The van der Waals surface area contributed by atoms with E-state index in [0.717, 1.165) is 29.7 Å². The van der Waals surface area contributed by atoms with Crippen molar-refractivity contribution in [1.29, 1.82) is 0 Å². The fraction of sp³-hybridized carbons (Fsp3) is 0.100. The van der Waals surface area contributed by atoms with Crippen LogP contribution in [-0.2, 0) is 12.8 Å². The van der Waals surface area contributed by atoms with E-state index in [4.69, 9.17) is 0 Å². The number of hydrogen-bond acceptors (Lipinski definition) is 5. The van der Waals surface area contributed by atoms with Gasteiger partial charge in [-0.2, -0.15) is 5.10 Å². The molecule has 0 unspecified atom stereocenters. The average Bonchev–Trinajstić information content (AvgIpc) is 3.17. The predicted molar refractivity (Wildman–Crippen MR) is 106 cm³/mol. The summed E-state index contributed by atoms with van der Waals surface area (Å²) >= 11 is 1.02. The summed E-state index contributed by atoms with van der Waals surface area (Å²) in [7, 11) is 0. The maximum absolute atomic E-state index is 12.4. The van der Waals surface area contributed by atoms with E-state index in [1.807, 2.05) is 36.4 Å². The molecule has 0 saturated heterocycles. The molecule has 3 rings (SSSR count). The van der Waals surface area contributed by atoms with Crippen LogP contribution < -0.4 is 5.43 Å². The highest BCUT2D eigenvalue weighted by molar-refractivity contribution is 7.13. The monoisotopic (exact) mass is 379 g/mol. The first kappa shape index (κ1) is 18.5. The van der Waals surface area contributed by atoms with Gasteiger partial charge in [0.1, 0.15) is 0 Å². The van der Waals surface area contributed by atoms with Crippen molar-refractivity contribution >= 4 is 28.5 Å². The van der Waals surface area contributed by atoms with Crippen molar-refractivity contribution in [3.05, 3.63) is 98.4 Å². The highest BCUT2D eigenvalue weighted by atomic mass is 32.1. The first-order valence-electron chi connectivity index (χ1n) is 8.31. The van der Waals surface area contributed by atoms with Crippen molar-refractivity contribution in [2.24, 2.45) is 5.10 Å². The Labute approximate surface area is 160 Å². The summed E-state index contributed by atoms with van der Waals surface area (Å²) in [6.45, 7) is 0. The normalized spacial score (nSPS) is 10.8. The minimum Gasteiger partial charge on any atom is -0.267 e. The van der Waals surface area contributed by atoms with Gasteiger partial charge < -0.3 is 0 Å². The smallest absolute Gasteiger partial charge is 0.267 e. The standard InChI is InChI=1S/C20H17N3O3S/c24-20(22-21-13-16-12-19(23(25)26)27-14-16)18-9-5-4-8-17(18)11-10-15-6-2-1-3-7-15/h1-9,12-14H,10-11H2,(H,22,24). The van der Waals surface area contributed by atoms with Gasteiger partial charge in [0.05, 0.1) is 11.1 Å². The van der Waals surface area contributed by atoms with Gasteiger partial charge in [-0.3, -0.25) is 14.9 Å². The number of nitrogens with one attached hydrogen (secondary N) is 1. The lowest BCUT2D eigenvalue weighted by Crippen LogP contribution is -2.19. The number of hydrazone groups is 1. The summed E-state index contributed by atoms with van der Waals surface area (Å²) in [6, 6.07) is 18.9. The maximum Gasteiger partial charge on any atom is 0.324 e. The molecule has 27 heavy (non-hydrogen) atoms. The van der Waals surface area contributed by atoms with Crippen LogP contribution in [0.1, 0.15) is 27.0 Å². The third-order valence-corrected chi connectivity index (χ3v) is 4.85. The Kier molecular flexibility index (Phi) is 6.06. The van der Waals surface area contributed by atoms with Gasteiger partial charge in [-0.15, -0.1) is 0 Å². The molecule has 3 aromatic rings. The lowest BCUT2D eigenvalue weighted by atomic mass is 9.99. The number of amides is 1. The van der Waals surface area contributed by atoms with Crippen LogP contribution in [0.3, 0.4) is 0 Å². The van der Waals surface area contributed by atoms with Crippen molar-refractivity contribution in [3.63, 3.8) is 0 Å². The Morgan fingerprint density at radius 2 is 1.85 bits per heavy atom. The SMILES string of the molecule is O=C(NN=Cc1csc([N+](=O)[O-])c1)c1ccccc1CCc1ccccc1. The summed E-state index contributed by atoms with van der Waals surface area (Å²) < 4.78 is 0. The van der Waals surface area contributed by atoms with E-state index in [0.29, 0.717) is 11.1 Å². The molecule has 7 heteroatoms. The zero-order chi connectivity index (χ0) is 19.1. The Morgan fingerprint density at radius 1 is 1.11 bits per heavy atom. The molecule has 1 aromatic heterocycles. The lowest BCUT2D eigenvalue weighted by molar-refractivity contribution is -0.380. The third-order valence-electron chi connectivity index (χ3n) is 3.95. The molecule has 0 spiro atoms. The highest BCUT2D eigenvalue weighted by Crippen LogP contribution is 2.21. The van der Waals surface area contributed by atoms with Crippen LogP contribution in [0, 0.1) is 10.1 Å². The lowest BCUT2D eigenvalue weighted by Gasteiger charge is -2.08. The summed E-state index contributed by atoms with van der Waals surface area (Å²) in [6.07, 6.45) is 2.98. The molecule has 0 aliphatic heterocycles. The van der Waals surface area contributed by atoms with Gasteiger partial charge in [0.25, 0.3) is 5.91 Å². The molecule has 1 heterocycles. The van der Waals surface area contributed by atoms with Gasteiger partial charge >= 0.3 is 5.00 Å². The van der Waals surface area contributed by atoms with Gasteiger partial charge in [0.2, 0.25) is 0 Å². The second-order valence-corrected chi connectivity index (χ2v) is 6.71. The zero-order valence-corrected chi connectivity index (χ0v) is 15.2. The first-order chi connectivity index (χ1) is 13.1. The number of hydrogen-bond donors (Lipinski definition) is 1. The number of nitro groups is 1. The largest absolute Gasteiger partial charge is 0.324 e. The Morgan fingerprint density at radius 3 is 2.59 bits per heavy atom. The van der Waals surface area contributed by atoms with Crippen molar-refractivity contribution < 1.29 is 9.72 Å². The predicted octanol–water partition coefficient (Wildman–Crippen LogP) is 4.21. The molecule has 2 aromatic carbocycles. The minimum atomic E-state index is -0.455. The Bertz CT molecular complexity index is 967. The van der Waals surface area contributed by atoms with E-state index in [1.165, 1.54) is 17.8 Å². The number of rotatable bonds is 7. The van der Waals surface area contributed by atoms with Gasteiger partial charge in [0.15, 0.2) is 0 Å². The molecule has 136 valence electrons. The van der Waals surface area contributed by atoms with E-state index in [2.05, 4.69) is 22.7 Å². The van der Waals surface area contributed by atoms with Gasteiger partial charge in [0, 0.05) is 22.6 Å². The molecule has 1 amide bonds. The topological polar surface area (TPSA) is 84.6 Å². The molecule has 1 N–H and O–H groups in total. The molecule has 0 aliphatic rings. The number of thiophene rings is 1. The van der Waals surface area contributed by atoms with Crippen LogP contribution in [0.15, 0.2) is 71.1 Å². The van der Waals surface area contributed by atoms with Crippen LogP contribution in [0.25, 0.3) is 0 Å². The molecule has 0 bridgehead atoms.